The molecule has 0 fully saturated rings. The van der Waals surface area contributed by atoms with Gasteiger partial charge in [0.05, 0.1) is 12.3 Å². The van der Waals surface area contributed by atoms with Crippen LogP contribution in [0.3, 0.4) is 0 Å². The summed E-state index contributed by atoms with van der Waals surface area (Å²) in [4.78, 5) is 16.2. The van der Waals surface area contributed by atoms with E-state index in [4.69, 9.17) is 0 Å². The molecule has 1 heterocycles. The largest absolute Gasteiger partial charge is 0.349 e. The van der Waals surface area contributed by atoms with Crippen LogP contribution in [0.15, 0.2) is 53.7 Å². The van der Waals surface area contributed by atoms with Crippen molar-refractivity contribution >= 4 is 22.5 Å². The normalized spacial score (nSPS) is 11.4. The molecule has 0 bridgehead atoms. The van der Waals surface area contributed by atoms with Crippen molar-refractivity contribution in [1.29, 1.82) is 0 Å². The summed E-state index contributed by atoms with van der Waals surface area (Å²) in [5.74, 6) is -0.0117. The van der Waals surface area contributed by atoms with Crippen molar-refractivity contribution in [2.45, 2.75) is 33.7 Å². The predicted octanol–water partition coefficient (Wildman–Crippen LogP) is 3.82. The standard InChI is InChI=1S/C17H21N3O.C2H6/c1-3-4-8-15(18-2)12-19-17(21)13-20-11-10-14-7-5-6-9-16(14)20;1-2/h4-11H,3,12-13H2,1-2H3,(H,19,21);1-2H3/b8-4-,18-15?;. The van der Waals surface area contributed by atoms with Gasteiger partial charge < -0.3 is 9.88 Å². The molecule has 1 aromatic carbocycles. The Labute approximate surface area is 138 Å². The summed E-state index contributed by atoms with van der Waals surface area (Å²) in [6.07, 6.45) is 6.89. The van der Waals surface area contributed by atoms with Crippen LogP contribution in [0.25, 0.3) is 10.9 Å². The smallest absolute Gasteiger partial charge is 0.240 e. The lowest BCUT2D eigenvalue weighted by Gasteiger charge is -2.07. The van der Waals surface area contributed by atoms with Crippen LogP contribution in [0.4, 0.5) is 0 Å². The number of fused-ring (bicyclic) bond motifs is 1. The highest BCUT2D eigenvalue weighted by molar-refractivity contribution is 5.98. The number of hydrogen-bond donors (Lipinski definition) is 1. The zero-order chi connectivity index (χ0) is 17.1. The molecule has 0 unspecified atom stereocenters. The summed E-state index contributed by atoms with van der Waals surface area (Å²) in [6.45, 7) is 6.85. The third-order valence-corrected chi connectivity index (χ3v) is 3.29. The molecule has 0 saturated carbocycles. The molecule has 0 saturated heterocycles. The quantitative estimate of drug-likeness (QED) is 0.810. The molecule has 1 amide bonds. The van der Waals surface area contributed by atoms with E-state index in [1.807, 2.05) is 67.1 Å². The second-order valence-electron chi connectivity index (χ2n) is 4.80. The fourth-order valence-electron chi connectivity index (χ4n) is 2.14. The molecular weight excluding hydrogens is 286 g/mol. The fourth-order valence-corrected chi connectivity index (χ4v) is 2.14. The van der Waals surface area contributed by atoms with Gasteiger partial charge in [0.1, 0.15) is 6.54 Å². The lowest BCUT2D eigenvalue weighted by atomic mass is 10.2. The molecule has 4 heteroatoms. The average Bonchev–Trinajstić information content (AvgIpc) is 3.00. The molecule has 2 rings (SSSR count). The van der Waals surface area contributed by atoms with Gasteiger partial charge in [0.2, 0.25) is 5.91 Å². The van der Waals surface area contributed by atoms with Crippen molar-refractivity contribution < 1.29 is 4.79 Å². The van der Waals surface area contributed by atoms with E-state index >= 15 is 0 Å². The average molecular weight is 313 g/mol. The minimum Gasteiger partial charge on any atom is -0.349 e. The number of hydrogen-bond acceptors (Lipinski definition) is 2. The maximum Gasteiger partial charge on any atom is 0.240 e. The maximum atomic E-state index is 12.0. The molecule has 0 radical (unpaired) electrons. The number of allylic oxidation sites excluding steroid dienone is 1. The lowest BCUT2D eigenvalue weighted by Crippen LogP contribution is -2.31. The van der Waals surface area contributed by atoms with Gasteiger partial charge in [-0.05, 0) is 30.0 Å². The van der Waals surface area contributed by atoms with Gasteiger partial charge >= 0.3 is 0 Å². The topological polar surface area (TPSA) is 46.4 Å². The minimum atomic E-state index is -0.0117. The van der Waals surface area contributed by atoms with Crippen molar-refractivity contribution in [3.8, 4) is 0 Å². The molecule has 0 aliphatic heterocycles. The molecule has 124 valence electrons. The highest BCUT2D eigenvalue weighted by Crippen LogP contribution is 2.14. The van der Waals surface area contributed by atoms with Crippen LogP contribution in [0, 0.1) is 0 Å². The van der Waals surface area contributed by atoms with E-state index in [2.05, 4.69) is 17.2 Å². The Morgan fingerprint density at radius 1 is 1.26 bits per heavy atom. The number of carbonyl (C=O) groups excluding carboxylic acids is 1. The first-order valence-electron chi connectivity index (χ1n) is 8.17. The number of aromatic nitrogens is 1. The summed E-state index contributed by atoms with van der Waals surface area (Å²) in [7, 11) is 1.74. The van der Waals surface area contributed by atoms with Gasteiger partial charge in [-0.15, -0.1) is 0 Å². The third kappa shape index (κ3) is 5.74. The number of amides is 1. The zero-order valence-electron chi connectivity index (χ0n) is 14.5. The van der Waals surface area contributed by atoms with Crippen LogP contribution in [0.5, 0.6) is 0 Å². The SMILES string of the molecule is CC.CC/C=C\C(CNC(=O)Cn1ccc2ccccc21)=NC. The predicted molar refractivity (Wildman–Crippen MR) is 99.1 cm³/mol. The van der Waals surface area contributed by atoms with E-state index in [9.17, 15) is 4.79 Å². The van der Waals surface area contributed by atoms with Crippen LogP contribution < -0.4 is 5.32 Å². The van der Waals surface area contributed by atoms with Crippen molar-refractivity contribution in [1.82, 2.24) is 9.88 Å². The van der Waals surface area contributed by atoms with E-state index in [1.165, 1.54) is 0 Å². The number of benzene rings is 1. The monoisotopic (exact) mass is 313 g/mol. The number of carbonyl (C=O) groups is 1. The van der Waals surface area contributed by atoms with Crippen LogP contribution in [-0.4, -0.2) is 29.8 Å². The summed E-state index contributed by atoms with van der Waals surface area (Å²) in [5.41, 5.74) is 1.95. The van der Waals surface area contributed by atoms with Crippen molar-refractivity contribution in [3.05, 3.63) is 48.7 Å². The zero-order valence-corrected chi connectivity index (χ0v) is 14.5. The third-order valence-electron chi connectivity index (χ3n) is 3.29. The Morgan fingerprint density at radius 3 is 2.70 bits per heavy atom. The van der Waals surface area contributed by atoms with E-state index in [1.54, 1.807) is 7.05 Å². The summed E-state index contributed by atoms with van der Waals surface area (Å²) in [5, 5.41) is 4.05. The van der Waals surface area contributed by atoms with Crippen LogP contribution >= 0.6 is 0 Å². The van der Waals surface area contributed by atoms with Gasteiger partial charge in [0.25, 0.3) is 0 Å². The Hall–Kier alpha value is -2.36. The highest BCUT2D eigenvalue weighted by atomic mass is 16.1. The second kappa shape index (κ2) is 10.4. The number of rotatable bonds is 6. The molecule has 23 heavy (non-hydrogen) atoms. The van der Waals surface area contributed by atoms with E-state index < -0.39 is 0 Å². The fraction of sp³-hybridized carbons (Fsp3) is 0.368. The van der Waals surface area contributed by atoms with Gasteiger partial charge in [0, 0.05) is 18.8 Å². The van der Waals surface area contributed by atoms with Crippen molar-refractivity contribution in [2.75, 3.05) is 13.6 Å². The Balaban J connectivity index is 0.00000127. The van der Waals surface area contributed by atoms with Crippen molar-refractivity contribution in [2.24, 2.45) is 4.99 Å². The van der Waals surface area contributed by atoms with E-state index in [0.717, 1.165) is 23.0 Å². The summed E-state index contributed by atoms with van der Waals surface area (Å²) < 4.78 is 1.95. The first-order chi connectivity index (χ1) is 11.2. The first-order valence-corrected chi connectivity index (χ1v) is 8.17. The van der Waals surface area contributed by atoms with Crippen LogP contribution in [0.1, 0.15) is 27.2 Å². The van der Waals surface area contributed by atoms with Gasteiger partial charge in [0.15, 0.2) is 0 Å². The summed E-state index contributed by atoms with van der Waals surface area (Å²) in [6, 6.07) is 10.1. The highest BCUT2D eigenvalue weighted by Gasteiger charge is 2.06. The van der Waals surface area contributed by atoms with E-state index in [0.29, 0.717) is 13.1 Å². The number of nitrogens with zero attached hydrogens (tertiary/aromatic N) is 2. The van der Waals surface area contributed by atoms with Crippen molar-refractivity contribution in [3.63, 3.8) is 0 Å². The van der Waals surface area contributed by atoms with Gasteiger partial charge in [-0.2, -0.15) is 0 Å². The lowest BCUT2D eigenvalue weighted by molar-refractivity contribution is -0.121. The molecule has 1 aromatic heterocycles. The summed E-state index contributed by atoms with van der Waals surface area (Å²) >= 11 is 0. The minimum absolute atomic E-state index is 0.0117. The van der Waals surface area contributed by atoms with Crippen LogP contribution in [-0.2, 0) is 11.3 Å². The maximum absolute atomic E-state index is 12.0. The molecule has 0 spiro atoms. The van der Waals surface area contributed by atoms with Gasteiger partial charge in [-0.1, -0.05) is 45.0 Å². The molecule has 1 N–H and O–H groups in total. The van der Waals surface area contributed by atoms with Gasteiger partial charge in [-0.25, -0.2) is 0 Å². The number of aliphatic imine (C=N–C) groups is 1. The second-order valence-corrected chi connectivity index (χ2v) is 4.80. The molecular formula is C19H27N3O. The van der Waals surface area contributed by atoms with Gasteiger partial charge in [-0.3, -0.25) is 9.79 Å². The number of para-hydroxylation sites is 1. The Morgan fingerprint density at radius 2 is 2.00 bits per heavy atom. The van der Waals surface area contributed by atoms with E-state index in [-0.39, 0.29) is 5.91 Å². The number of nitrogens with one attached hydrogen (secondary N) is 1. The molecule has 4 nitrogen and oxygen atoms in total. The first kappa shape index (κ1) is 18.7. The molecule has 2 aromatic rings. The molecule has 0 aliphatic rings. The molecule has 0 atom stereocenters. The van der Waals surface area contributed by atoms with Crippen LogP contribution in [0.2, 0.25) is 0 Å². The Bertz CT molecular complexity index is 668. The Kier molecular flexibility index (Phi) is 8.43. The molecule has 0 aliphatic carbocycles.